The summed E-state index contributed by atoms with van der Waals surface area (Å²) in [5.41, 5.74) is 3.31. The zero-order chi connectivity index (χ0) is 23.0. The average molecular weight is 438 g/mol. The lowest BCUT2D eigenvalue weighted by Gasteiger charge is -2.36. The van der Waals surface area contributed by atoms with Crippen LogP contribution >= 0.6 is 0 Å². The summed E-state index contributed by atoms with van der Waals surface area (Å²) in [4.78, 5) is 27.5. The monoisotopic (exact) mass is 437 g/mol. The van der Waals surface area contributed by atoms with Crippen LogP contribution < -0.4 is 10.1 Å². The van der Waals surface area contributed by atoms with E-state index in [1.165, 1.54) is 0 Å². The third-order valence-corrected chi connectivity index (χ3v) is 6.86. The van der Waals surface area contributed by atoms with Crippen LogP contribution in [0.4, 0.5) is 5.82 Å². The van der Waals surface area contributed by atoms with Gasteiger partial charge in [0.1, 0.15) is 17.4 Å². The fraction of sp³-hybridized carbons (Fsp3) is 0.560. The largest absolute Gasteiger partial charge is 0.478 e. The number of anilines is 1. The maximum atomic E-state index is 13.5. The number of benzene rings is 1. The predicted octanol–water partition coefficient (Wildman–Crippen LogP) is 3.64. The van der Waals surface area contributed by atoms with Crippen molar-refractivity contribution in [3.63, 3.8) is 0 Å². The number of rotatable bonds is 5. The van der Waals surface area contributed by atoms with E-state index >= 15 is 0 Å². The SMILES string of the molecule is CNc1nc(C2CCCN2C)nc2c1CCN(C(=O)C(C)(C)Oc1cccc(C)c1C)C2. The molecule has 32 heavy (non-hydrogen) atoms. The quantitative estimate of drug-likeness (QED) is 0.770. The summed E-state index contributed by atoms with van der Waals surface area (Å²) in [5, 5.41) is 3.25. The van der Waals surface area contributed by atoms with Gasteiger partial charge in [0.25, 0.3) is 5.91 Å². The number of hydrogen-bond donors (Lipinski definition) is 1. The van der Waals surface area contributed by atoms with Gasteiger partial charge < -0.3 is 15.0 Å². The molecule has 3 heterocycles. The minimum atomic E-state index is -0.969. The number of fused-ring (bicyclic) bond motifs is 1. The maximum absolute atomic E-state index is 13.5. The van der Waals surface area contributed by atoms with Crippen molar-refractivity contribution < 1.29 is 9.53 Å². The number of nitrogens with zero attached hydrogens (tertiary/aromatic N) is 4. The summed E-state index contributed by atoms with van der Waals surface area (Å²) in [6.07, 6.45) is 2.96. The molecule has 7 heteroatoms. The van der Waals surface area contributed by atoms with Crippen LogP contribution in [0.2, 0.25) is 0 Å². The van der Waals surface area contributed by atoms with Crippen LogP contribution in [0.3, 0.4) is 0 Å². The van der Waals surface area contributed by atoms with E-state index in [1.807, 2.05) is 44.9 Å². The van der Waals surface area contributed by atoms with Crippen molar-refractivity contribution in [1.29, 1.82) is 0 Å². The molecule has 0 radical (unpaired) electrons. The molecule has 1 saturated heterocycles. The first-order valence-electron chi connectivity index (χ1n) is 11.5. The Morgan fingerprint density at radius 2 is 2.00 bits per heavy atom. The number of aromatic nitrogens is 2. The summed E-state index contributed by atoms with van der Waals surface area (Å²) < 4.78 is 6.24. The molecular weight excluding hydrogens is 402 g/mol. The highest BCUT2D eigenvalue weighted by Gasteiger charge is 2.37. The van der Waals surface area contributed by atoms with Crippen molar-refractivity contribution in [2.45, 2.75) is 65.1 Å². The number of nitrogens with one attached hydrogen (secondary N) is 1. The molecule has 2 aliphatic heterocycles. The molecule has 1 N–H and O–H groups in total. The van der Waals surface area contributed by atoms with Gasteiger partial charge in [-0.05, 0) is 77.7 Å². The van der Waals surface area contributed by atoms with Gasteiger partial charge in [0.2, 0.25) is 0 Å². The van der Waals surface area contributed by atoms with Gasteiger partial charge in [0.15, 0.2) is 5.60 Å². The van der Waals surface area contributed by atoms with E-state index in [0.717, 1.165) is 65.6 Å². The number of hydrogen-bond acceptors (Lipinski definition) is 6. The molecule has 0 bridgehead atoms. The van der Waals surface area contributed by atoms with E-state index in [-0.39, 0.29) is 11.9 Å². The van der Waals surface area contributed by atoms with Crippen LogP contribution in [0.25, 0.3) is 0 Å². The molecule has 172 valence electrons. The van der Waals surface area contributed by atoms with Crippen molar-refractivity contribution in [2.75, 3.05) is 32.5 Å². The lowest BCUT2D eigenvalue weighted by molar-refractivity contribution is -0.146. The Morgan fingerprint density at radius 1 is 1.22 bits per heavy atom. The Hall–Kier alpha value is -2.67. The zero-order valence-electron chi connectivity index (χ0n) is 20.2. The normalized spacial score (nSPS) is 19.1. The molecule has 1 amide bonds. The second-order valence-electron chi connectivity index (χ2n) is 9.53. The average Bonchev–Trinajstić information content (AvgIpc) is 3.20. The topological polar surface area (TPSA) is 70.6 Å². The Bertz CT molecular complexity index is 1020. The molecular formula is C25H35N5O2. The lowest BCUT2D eigenvalue weighted by atomic mass is 10.0. The van der Waals surface area contributed by atoms with E-state index in [1.54, 1.807) is 0 Å². The van der Waals surface area contributed by atoms with Crippen LogP contribution in [0.15, 0.2) is 18.2 Å². The predicted molar refractivity (Wildman–Crippen MR) is 126 cm³/mol. The summed E-state index contributed by atoms with van der Waals surface area (Å²) in [5.74, 6) is 2.48. The second kappa shape index (κ2) is 8.70. The highest BCUT2D eigenvalue weighted by molar-refractivity contribution is 5.85. The van der Waals surface area contributed by atoms with Crippen molar-refractivity contribution in [2.24, 2.45) is 0 Å². The number of carbonyl (C=O) groups excluding carboxylic acids is 1. The molecule has 1 aromatic heterocycles. The first-order chi connectivity index (χ1) is 15.2. The van der Waals surface area contributed by atoms with E-state index in [2.05, 4.69) is 30.3 Å². The zero-order valence-corrected chi connectivity index (χ0v) is 20.2. The highest BCUT2D eigenvalue weighted by atomic mass is 16.5. The smallest absolute Gasteiger partial charge is 0.266 e. The molecule has 2 aliphatic rings. The minimum Gasteiger partial charge on any atom is -0.478 e. The van der Waals surface area contributed by atoms with Gasteiger partial charge in [-0.3, -0.25) is 9.69 Å². The van der Waals surface area contributed by atoms with Gasteiger partial charge >= 0.3 is 0 Å². The van der Waals surface area contributed by atoms with Crippen LogP contribution in [0, 0.1) is 13.8 Å². The molecule has 0 spiro atoms. The highest BCUT2D eigenvalue weighted by Crippen LogP contribution is 2.33. The first kappa shape index (κ1) is 22.5. The summed E-state index contributed by atoms with van der Waals surface area (Å²) >= 11 is 0. The molecule has 1 fully saturated rings. The fourth-order valence-corrected chi connectivity index (χ4v) is 4.75. The molecule has 0 aliphatic carbocycles. The van der Waals surface area contributed by atoms with Crippen LogP contribution in [0.5, 0.6) is 5.75 Å². The molecule has 4 rings (SSSR count). The standard InChI is InChI=1S/C25H35N5O2/c1-16-9-7-11-21(17(16)2)32-25(3,4)24(31)30-14-12-18-19(15-30)27-23(28-22(18)26-5)20-10-8-13-29(20)6/h7,9,11,20H,8,10,12-15H2,1-6H3,(H,26,27,28). The van der Waals surface area contributed by atoms with Crippen molar-refractivity contribution in [3.8, 4) is 5.75 Å². The Kier molecular flexibility index (Phi) is 6.12. The lowest BCUT2D eigenvalue weighted by Crippen LogP contribution is -2.50. The van der Waals surface area contributed by atoms with Crippen LogP contribution in [-0.2, 0) is 17.8 Å². The fourth-order valence-electron chi connectivity index (χ4n) is 4.75. The van der Waals surface area contributed by atoms with Gasteiger partial charge in [-0.1, -0.05) is 12.1 Å². The third-order valence-electron chi connectivity index (χ3n) is 6.86. The van der Waals surface area contributed by atoms with E-state index in [9.17, 15) is 4.79 Å². The molecule has 1 atom stereocenters. The molecule has 0 saturated carbocycles. The van der Waals surface area contributed by atoms with Crippen molar-refractivity contribution >= 4 is 11.7 Å². The second-order valence-corrected chi connectivity index (χ2v) is 9.53. The Labute approximate surface area is 191 Å². The number of ether oxygens (including phenoxy) is 1. The van der Waals surface area contributed by atoms with Gasteiger partial charge in [-0.15, -0.1) is 0 Å². The molecule has 2 aromatic rings. The van der Waals surface area contributed by atoms with Crippen molar-refractivity contribution in [3.05, 3.63) is 46.4 Å². The summed E-state index contributed by atoms with van der Waals surface area (Å²) in [6.45, 7) is 9.96. The van der Waals surface area contributed by atoms with E-state index in [0.29, 0.717) is 13.1 Å². The van der Waals surface area contributed by atoms with Gasteiger partial charge in [0, 0.05) is 19.2 Å². The number of amides is 1. The van der Waals surface area contributed by atoms with E-state index in [4.69, 9.17) is 14.7 Å². The summed E-state index contributed by atoms with van der Waals surface area (Å²) in [7, 11) is 4.03. The number of carbonyl (C=O) groups is 1. The molecule has 1 aromatic carbocycles. The molecule has 7 nitrogen and oxygen atoms in total. The number of aryl methyl sites for hydroxylation is 1. The van der Waals surface area contributed by atoms with Gasteiger partial charge in [-0.2, -0.15) is 0 Å². The van der Waals surface area contributed by atoms with E-state index < -0.39 is 5.60 Å². The number of likely N-dealkylation sites (tertiary alicyclic amines) is 1. The Balaban J connectivity index is 1.57. The van der Waals surface area contributed by atoms with Crippen molar-refractivity contribution in [1.82, 2.24) is 19.8 Å². The molecule has 1 unspecified atom stereocenters. The Morgan fingerprint density at radius 3 is 2.69 bits per heavy atom. The maximum Gasteiger partial charge on any atom is 0.266 e. The summed E-state index contributed by atoms with van der Waals surface area (Å²) in [6, 6.07) is 6.19. The third kappa shape index (κ3) is 4.18. The first-order valence-corrected chi connectivity index (χ1v) is 11.5. The van der Waals surface area contributed by atoms with Crippen LogP contribution in [-0.4, -0.2) is 58.5 Å². The van der Waals surface area contributed by atoms with Gasteiger partial charge in [0.05, 0.1) is 18.3 Å². The van der Waals surface area contributed by atoms with Crippen LogP contribution in [0.1, 0.15) is 60.9 Å². The van der Waals surface area contributed by atoms with Gasteiger partial charge in [-0.25, -0.2) is 9.97 Å². The minimum absolute atomic E-state index is 0.0202.